The zero-order chi connectivity index (χ0) is 11.6. The van der Waals surface area contributed by atoms with Crippen molar-refractivity contribution in [1.82, 2.24) is 0 Å². The number of ether oxygens (including phenoxy) is 1. The molecular formula is C8H7ClO5S. The van der Waals surface area contributed by atoms with Crippen molar-refractivity contribution in [2.45, 2.75) is 11.8 Å². The third kappa shape index (κ3) is 3.19. The van der Waals surface area contributed by atoms with Crippen LogP contribution in [0, 0.1) is 0 Å². The van der Waals surface area contributed by atoms with Gasteiger partial charge in [0.15, 0.2) is 0 Å². The Bertz CT molecular complexity index is 494. The lowest BCUT2D eigenvalue weighted by Gasteiger charge is -2.04. The Labute approximate surface area is 91.4 Å². The molecule has 0 aliphatic carbocycles. The molecule has 0 atom stereocenters. The normalized spacial score (nSPS) is 11.1. The summed E-state index contributed by atoms with van der Waals surface area (Å²) in [6.07, 6.45) is 0. The first-order valence-corrected chi connectivity index (χ1v) is 5.58. The molecule has 0 saturated heterocycles. The maximum Gasteiger partial charge on any atom is 0.308 e. The van der Waals surface area contributed by atoms with Gasteiger partial charge in [-0.3, -0.25) is 9.35 Å². The summed E-state index contributed by atoms with van der Waals surface area (Å²) in [6.45, 7) is 1.17. The smallest absolute Gasteiger partial charge is 0.308 e. The number of carbonyl (C=O) groups excluding carboxylic acids is 1. The summed E-state index contributed by atoms with van der Waals surface area (Å²) in [5.74, 6) is -0.599. The van der Waals surface area contributed by atoms with Crippen molar-refractivity contribution in [3.05, 3.63) is 23.2 Å². The Balaban J connectivity index is 3.23. The quantitative estimate of drug-likeness (QED) is 0.489. The summed E-state index contributed by atoms with van der Waals surface area (Å²) >= 11 is 5.54. The van der Waals surface area contributed by atoms with E-state index < -0.39 is 21.0 Å². The van der Waals surface area contributed by atoms with Crippen molar-refractivity contribution in [3.8, 4) is 5.75 Å². The van der Waals surface area contributed by atoms with E-state index >= 15 is 0 Å². The van der Waals surface area contributed by atoms with Crippen LogP contribution < -0.4 is 4.74 Å². The number of esters is 1. The molecule has 0 unspecified atom stereocenters. The maximum atomic E-state index is 10.8. The molecule has 0 radical (unpaired) electrons. The molecule has 0 fully saturated rings. The van der Waals surface area contributed by atoms with Gasteiger partial charge >= 0.3 is 5.97 Å². The second-order valence-electron chi connectivity index (χ2n) is 2.66. The van der Waals surface area contributed by atoms with Crippen LogP contribution in [0.1, 0.15) is 6.92 Å². The van der Waals surface area contributed by atoms with E-state index in [1.165, 1.54) is 19.1 Å². The van der Waals surface area contributed by atoms with E-state index in [1.807, 2.05) is 0 Å². The standard InChI is InChI=1S/C8H7ClO5S/c1-5(10)14-6-2-3-7(9)8(4-6)15(11,12)13/h2-4H,1H3,(H,11,12,13). The summed E-state index contributed by atoms with van der Waals surface area (Å²) < 4.78 is 35.1. The van der Waals surface area contributed by atoms with E-state index in [-0.39, 0.29) is 10.8 Å². The van der Waals surface area contributed by atoms with Gasteiger partial charge in [0.2, 0.25) is 0 Å². The van der Waals surface area contributed by atoms with Crippen LogP contribution in [0.15, 0.2) is 23.1 Å². The molecule has 1 aromatic rings. The first kappa shape index (κ1) is 12.0. The maximum absolute atomic E-state index is 10.8. The number of rotatable bonds is 2. The summed E-state index contributed by atoms with van der Waals surface area (Å²) in [7, 11) is -4.42. The van der Waals surface area contributed by atoms with E-state index in [0.717, 1.165) is 6.07 Å². The molecule has 0 aromatic heterocycles. The van der Waals surface area contributed by atoms with E-state index in [1.54, 1.807) is 0 Å². The lowest BCUT2D eigenvalue weighted by Crippen LogP contribution is -2.04. The van der Waals surface area contributed by atoms with Crippen LogP contribution in [0.2, 0.25) is 5.02 Å². The summed E-state index contributed by atoms with van der Waals surface area (Å²) in [4.78, 5) is 10.1. The summed E-state index contributed by atoms with van der Waals surface area (Å²) in [6, 6.07) is 3.50. The van der Waals surface area contributed by atoms with Gasteiger partial charge in [0, 0.05) is 13.0 Å². The highest BCUT2D eigenvalue weighted by Gasteiger charge is 2.15. The molecule has 7 heteroatoms. The molecule has 0 bridgehead atoms. The first-order valence-electron chi connectivity index (χ1n) is 3.76. The number of carbonyl (C=O) groups is 1. The van der Waals surface area contributed by atoms with Crippen molar-refractivity contribution >= 4 is 27.7 Å². The fourth-order valence-corrected chi connectivity index (χ4v) is 1.90. The lowest BCUT2D eigenvalue weighted by atomic mass is 10.3. The van der Waals surface area contributed by atoms with E-state index in [0.29, 0.717) is 0 Å². The van der Waals surface area contributed by atoms with Crippen LogP contribution in [-0.2, 0) is 14.9 Å². The molecule has 15 heavy (non-hydrogen) atoms. The minimum Gasteiger partial charge on any atom is -0.427 e. The number of halogens is 1. The molecule has 82 valence electrons. The van der Waals surface area contributed by atoms with E-state index in [9.17, 15) is 13.2 Å². The molecule has 0 aliphatic heterocycles. The lowest BCUT2D eigenvalue weighted by molar-refractivity contribution is -0.131. The zero-order valence-electron chi connectivity index (χ0n) is 7.60. The first-order chi connectivity index (χ1) is 6.80. The van der Waals surface area contributed by atoms with Gasteiger partial charge in [-0.15, -0.1) is 0 Å². The van der Waals surface area contributed by atoms with Crippen molar-refractivity contribution in [2.75, 3.05) is 0 Å². The van der Waals surface area contributed by atoms with Crippen LogP contribution in [0.4, 0.5) is 0 Å². The van der Waals surface area contributed by atoms with Gasteiger partial charge in [-0.05, 0) is 12.1 Å². The number of benzene rings is 1. The molecule has 5 nitrogen and oxygen atoms in total. The molecule has 1 rings (SSSR count). The average Bonchev–Trinajstić information content (AvgIpc) is 2.05. The molecule has 0 aliphatic rings. The van der Waals surface area contributed by atoms with Gasteiger partial charge in [-0.25, -0.2) is 0 Å². The third-order valence-corrected chi connectivity index (χ3v) is 2.78. The van der Waals surface area contributed by atoms with Crippen LogP contribution in [0.5, 0.6) is 5.75 Å². The van der Waals surface area contributed by atoms with Crippen molar-refractivity contribution < 1.29 is 22.5 Å². The second kappa shape index (κ2) is 4.18. The van der Waals surface area contributed by atoms with E-state index in [2.05, 4.69) is 4.74 Å². The molecule has 1 N–H and O–H groups in total. The Morgan fingerprint density at radius 3 is 2.53 bits per heavy atom. The predicted octanol–water partition coefficient (Wildman–Crippen LogP) is 1.51. The van der Waals surface area contributed by atoms with Crippen molar-refractivity contribution in [2.24, 2.45) is 0 Å². The molecule has 0 heterocycles. The zero-order valence-corrected chi connectivity index (χ0v) is 9.17. The average molecular weight is 251 g/mol. The van der Waals surface area contributed by atoms with Crippen LogP contribution >= 0.6 is 11.6 Å². The Hall–Kier alpha value is -1.11. The Morgan fingerprint density at radius 1 is 1.47 bits per heavy atom. The fourth-order valence-electron chi connectivity index (χ4n) is 0.911. The summed E-state index contributed by atoms with van der Waals surface area (Å²) in [5, 5.41) is -0.145. The van der Waals surface area contributed by atoms with Gasteiger partial charge in [0.1, 0.15) is 10.6 Å². The highest BCUT2D eigenvalue weighted by molar-refractivity contribution is 7.86. The number of hydrogen-bond donors (Lipinski definition) is 1. The molecular weight excluding hydrogens is 244 g/mol. The van der Waals surface area contributed by atoms with Gasteiger partial charge in [-0.2, -0.15) is 8.42 Å². The van der Waals surface area contributed by atoms with Crippen LogP contribution in [0.3, 0.4) is 0 Å². The number of hydrogen-bond acceptors (Lipinski definition) is 4. The molecule has 0 spiro atoms. The largest absolute Gasteiger partial charge is 0.427 e. The minimum absolute atomic E-state index is 0.000440. The second-order valence-corrected chi connectivity index (χ2v) is 4.46. The molecule has 0 saturated carbocycles. The monoisotopic (exact) mass is 250 g/mol. The van der Waals surface area contributed by atoms with Gasteiger partial charge in [0.25, 0.3) is 10.1 Å². The van der Waals surface area contributed by atoms with Crippen molar-refractivity contribution in [3.63, 3.8) is 0 Å². The topological polar surface area (TPSA) is 80.7 Å². The SMILES string of the molecule is CC(=O)Oc1ccc(Cl)c(S(=O)(=O)O)c1. The fraction of sp³-hybridized carbons (Fsp3) is 0.125. The Kier molecular flexibility index (Phi) is 3.33. The molecule has 0 amide bonds. The van der Waals surface area contributed by atoms with E-state index in [4.69, 9.17) is 16.2 Å². The highest BCUT2D eigenvalue weighted by Crippen LogP contribution is 2.25. The molecule has 1 aromatic carbocycles. The van der Waals surface area contributed by atoms with Crippen molar-refractivity contribution in [1.29, 1.82) is 0 Å². The van der Waals surface area contributed by atoms with Gasteiger partial charge in [-0.1, -0.05) is 11.6 Å². The Morgan fingerprint density at radius 2 is 2.07 bits per heavy atom. The predicted molar refractivity (Wildman–Crippen MR) is 52.6 cm³/mol. The van der Waals surface area contributed by atoms with Gasteiger partial charge < -0.3 is 4.74 Å². The highest BCUT2D eigenvalue weighted by atomic mass is 35.5. The minimum atomic E-state index is -4.42. The van der Waals surface area contributed by atoms with Gasteiger partial charge in [0.05, 0.1) is 5.02 Å². The van der Waals surface area contributed by atoms with Crippen LogP contribution in [0.25, 0.3) is 0 Å². The summed E-state index contributed by atoms with van der Waals surface area (Å²) in [5.41, 5.74) is 0. The van der Waals surface area contributed by atoms with Crippen LogP contribution in [-0.4, -0.2) is 18.9 Å². The third-order valence-electron chi connectivity index (χ3n) is 1.44.